The monoisotopic (exact) mass is 516 g/mol. The highest BCUT2D eigenvalue weighted by Gasteiger charge is 2.01. The van der Waals surface area contributed by atoms with Crippen molar-refractivity contribution >= 4 is 29.9 Å². The summed E-state index contributed by atoms with van der Waals surface area (Å²) in [5.74, 6) is 0.754. The molecule has 0 aliphatic heterocycles. The van der Waals surface area contributed by atoms with Gasteiger partial charge in [0.15, 0.2) is 5.96 Å². The zero-order chi connectivity index (χ0) is 19.9. The lowest BCUT2D eigenvalue weighted by molar-refractivity contribution is 0.0487. The molecule has 0 aliphatic rings. The molecule has 29 heavy (non-hydrogen) atoms. The van der Waals surface area contributed by atoms with Crippen LogP contribution in [0.1, 0.15) is 30.9 Å². The molecule has 0 bridgehead atoms. The van der Waals surface area contributed by atoms with Crippen LogP contribution < -0.4 is 10.6 Å². The number of aromatic nitrogens is 3. The molecular weight excluding hydrogens is 483 g/mol. The molecule has 1 heterocycles. The van der Waals surface area contributed by atoms with Crippen molar-refractivity contribution in [1.82, 2.24) is 25.4 Å². The van der Waals surface area contributed by atoms with Crippen LogP contribution in [0.4, 0.5) is 0 Å². The second-order valence-electron chi connectivity index (χ2n) is 6.34. The predicted molar refractivity (Wildman–Crippen MR) is 126 cm³/mol. The number of nitrogens with one attached hydrogen (secondary N) is 2. The van der Waals surface area contributed by atoms with Gasteiger partial charge in [-0.2, -0.15) is 5.10 Å². The number of halogens is 1. The van der Waals surface area contributed by atoms with E-state index in [1.807, 2.05) is 4.68 Å². The average molecular weight is 516 g/mol. The quantitative estimate of drug-likeness (QED) is 0.184. The van der Waals surface area contributed by atoms with Gasteiger partial charge in [0.1, 0.15) is 12.7 Å². The van der Waals surface area contributed by atoms with Crippen LogP contribution in [-0.4, -0.2) is 60.7 Å². The minimum Gasteiger partial charge on any atom is -0.379 e. The lowest BCUT2D eigenvalue weighted by Crippen LogP contribution is -2.38. The van der Waals surface area contributed by atoms with Crippen molar-refractivity contribution in [2.24, 2.45) is 4.99 Å². The molecule has 162 valence electrons. The lowest BCUT2D eigenvalue weighted by atomic mass is 10.1. The zero-order valence-electron chi connectivity index (χ0n) is 17.3. The molecule has 2 aromatic rings. The fourth-order valence-corrected chi connectivity index (χ4v) is 2.56. The third-order valence-electron chi connectivity index (χ3n) is 4.04. The van der Waals surface area contributed by atoms with Gasteiger partial charge in [0, 0.05) is 26.7 Å². The predicted octanol–water partition coefficient (Wildman–Crippen LogP) is 2.44. The first-order chi connectivity index (χ1) is 13.8. The van der Waals surface area contributed by atoms with Crippen molar-refractivity contribution in [3.8, 4) is 0 Å². The third-order valence-corrected chi connectivity index (χ3v) is 4.04. The van der Waals surface area contributed by atoms with Crippen LogP contribution in [0.25, 0.3) is 0 Å². The van der Waals surface area contributed by atoms with Crippen molar-refractivity contribution in [1.29, 1.82) is 0 Å². The van der Waals surface area contributed by atoms with Gasteiger partial charge in [-0.1, -0.05) is 37.6 Å². The van der Waals surface area contributed by atoms with E-state index in [2.05, 4.69) is 56.9 Å². The van der Waals surface area contributed by atoms with E-state index >= 15 is 0 Å². The van der Waals surface area contributed by atoms with Crippen molar-refractivity contribution in [3.63, 3.8) is 0 Å². The molecule has 9 heteroatoms. The van der Waals surface area contributed by atoms with E-state index in [-0.39, 0.29) is 24.0 Å². The maximum Gasteiger partial charge on any atom is 0.191 e. The second-order valence-corrected chi connectivity index (χ2v) is 6.34. The summed E-state index contributed by atoms with van der Waals surface area (Å²) in [5.41, 5.74) is 2.36. The molecule has 8 nitrogen and oxygen atoms in total. The number of unbranched alkanes of at least 4 members (excludes halogenated alkanes) is 1. The highest BCUT2D eigenvalue weighted by molar-refractivity contribution is 14.0. The smallest absolute Gasteiger partial charge is 0.191 e. The normalized spacial score (nSPS) is 11.2. The molecule has 0 radical (unpaired) electrons. The Morgan fingerprint density at radius 3 is 2.62 bits per heavy atom. The Hall–Kier alpha value is -1.72. The molecule has 0 saturated heterocycles. The van der Waals surface area contributed by atoms with E-state index in [4.69, 9.17) is 9.47 Å². The minimum atomic E-state index is 0. The number of aliphatic imine (C=N–C) groups is 1. The van der Waals surface area contributed by atoms with E-state index in [1.54, 1.807) is 19.7 Å². The third kappa shape index (κ3) is 11.1. The molecule has 0 saturated carbocycles. The first kappa shape index (κ1) is 25.3. The van der Waals surface area contributed by atoms with E-state index in [1.165, 1.54) is 11.1 Å². The van der Waals surface area contributed by atoms with Gasteiger partial charge >= 0.3 is 0 Å². The second kappa shape index (κ2) is 16.1. The fraction of sp³-hybridized carbons (Fsp3) is 0.550. The summed E-state index contributed by atoms with van der Waals surface area (Å²) >= 11 is 0. The Kier molecular flexibility index (Phi) is 14.1. The number of hydrogen-bond acceptors (Lipinski definition) is 5. The number of hydrogen-bond donors (Lipinski definition) is 2. The van der Waals surface area contributed by atoms with E-state index < -0.39 is 0 Å². The number of ether oxygens (including phenoxy) is 2. The molecule has 2 N–H and O–H groups in total. The van der Waals surface area contributed by atoms with Crippen LogP contribution in [0.5, 0.6) is 0 Å². The Morgan fingerprint density at radius 1 is 1.10 bits per heavy atom. The summed E-state index contributed by atoms with van der Waals surface area (Å²) in [4.78, 5) is 8.22. The summed E-state index contributed by atoms with van der Waals surface area (Å²) in [6.07, 6.45) is 5.52. The molecule has 2 rings (SSSR count). The van der Waals surface area contributed by atoms with Crippen LogP contribution in [-0.2, 0) is 22.6 Å². The van der Waals surface area contributed by atoms with Crippen LogP contribution in [0, 0.1) is 0 Å². The van der Waals surface area contributed by atoms with Crippen molar-refractivity contribution in [3.05, 3.63) is 48.0 Å². The molecule has 0 aliphatic carbocycles. The van der Waals surface area contributed by atoms with Gasteiger partial charge in [0.2, 0.25) is 0 Å². The largest absolute Gasteiger partial charge is 0.379 e. The Labute approximate surface area is 190 Å². The summed E-state index contributed by atoms with van der Waals surface area (Å²) < 4.78 is 12.8. The van der Waals surface area contributed by atoms with Crippen LogP contribution in [0.15, 0.2) is 41.9 Å². The zero-order valence-corrected chi connectivity index (χ0v) is 19.7. The summed E-state index contributed by atoms with van der Waals surface area (Å²) in [5, 5.41) is 10.7. The molecule has 0 unspecified atom stereocenters. The van der Waals surface area contributed by atoms with E-state index in [0.29, 0.717) is 39.5 Å². The molecular formula is C20H33IN6O2. The van der Waals surface area contributed by atoms with Gasteiger partial charge in [-0.05, 0) is 17.5 Å². The number of guanidine groups is 1. The van der Waals surface area contributed by atoms with E-state index in [9.17, 15) is 0 Å². The molecule has 0 amide bonds. The Morgan fingerprint density at radius 2 is 1.90 bits per heavy atom. The van der Waals surface area contributed by atoms with Gasteiger partial charge in [-0.15, -0.1) is 24.0 Å². The first-order valence-electron chi connectivity index (χ1n) is 9.82. The maximum absolute atomic E-state index is 5.55. The highest BCUT2D eigenvalue weighted by atomic mass is 127. The van der Waals surface area contributed by atoms with Gasteiger partial charge < -0.3 is 20.1 Å². The van der Waals surface area contributed by atoms with Crippen molar-refractivity contribution < 1.29 is 9.47 Å². The first-order valence-corrected chi connectivity index (χ1v) is 9.82. The Bertz CT molecular complexity index is 681. The number of nitrogens with zero attached hydrogens (tertiary/aromatic N) is 4. The molecule has 0 atom stereocenters. The minimum absolute atomic E-state index is 0. The number of rotatable bonds is 13. The van der Waals surface area contributed by atoms with Crippen LogP contribution in [0.3, 0.4) is 0 Å². The van der Waals surface area contributed by atoms with Crippen LogP contribution in [0.2, 0.25) is 0 Å². The number of benzene rings is 1. The highest BCUT2D eigenvalue weighted by Crippen LogP contribution is 2.06. The topological polar surface area (TPSA) is 85.6 Å². The SMILES string of the molecule is CCCCOCCOCCNC(=NC)NCc1cccc(Cn2cncn2)c1.I. The summed E-state index contributed by atoms with van der Waals surface area (Å²) in [6, 6.07) is 8.38. The average Bonchev–Trinajstić information content (AvgIpc) is 3.22. The molecule has 1 aromatic carbocycles. The van der Waals surface area contributed by atoms with Gasteiger partial charge in [0.05, 0.1) is 26.4 Å². The lowest BCUT2D eigenvalue weighted by Gasteiger charge is -2.13. The molecule has 0 fully saturated rings. The molecule has 0 spiro atoms. The standard InChI is InChI=1S/C20H32N6O2.HI/c1-3-4-9-27-11-12-28-10-8-23-20(21-2)24-14-18-6-5-7-19(13-18)15-26-17-22-16-25-26;/h5-7,13,16-17H,3-4,8-12,14-15H2,1-2H3,(H2,21,23,24);1H. The van der Waals surface area contributed by atoms with E-state index in [0.717, 1.165) is 25.4 Å². The van der Waals surface area contributed by atoms with Gasteiger partial charge in [0.25, 0.3) is 0 Å². The van der Waals surface area contributed by atoms with Crippen molar-refractivity contribution in [2.75, 3.05) is 40.0 Å². The summed E-state index contributed by atoms with van der Waals surface area (Å²) in [7, 11) is 1.76. The molecule has 1 aromatic heterocycles. The Balaban J connectivity index is 0.00000420. The van der Waals surface area contributed by atoms with Gasteiger partial charge in [-0.3, -0.25) is 4.99 Å². The fourth-order valence-electron chi connectivity index (χ4n) is 2.56. The van der Waals surface area contributed by atoms with Crippen molar-refractivity contribution in [2.45, 2.75) is 32.9 Å². The van der Waals surface area contributed by atoms with Crippen LogP contribution >= 0.6 is 24.0 Å². The summed E-state index contributed by atoms with van der Waals surface area (Å²) in [6.45, 7) is 6.95. The van der Waals surface area contributed by atoms with Gasteiger partial charge in [-0.25, -0.2) is 9.67 Å². The maximum atomic E-state index is 5.55.